The summed E-state index contributed by atoms with van der Waals surface area (Å²) < 4.78 is 10.2. The van der Waals surface area contributed by atoms with Gasteiger partial charge in [0, 0.05) is 6.08 Å². The summed E-state index contributed by atoms with van der Waals surface area (Å²) in [6.07, 6.45) is 2.94. The summed E-state index contributed by atoms with van der Waals surface area (Å²) >= 11 is 0.771. The fourth-order valence-corrected chi connectivity index (χ4v) is 2.46. The van der Waals surface area contributed by atoms with Crippen molar-refractivity contribution in [1.29, 1.82) is 0 Å². The van der Waals surface area contributed by atoms with Crippen molar-refractivity contribution in [2.45, 2.75) is 26.4 Å². The zero-order valence-corrected chi connectivity index (χ0v) is 12.7. The van der Waals surface area contributed by atoms with E-state index in [2.05, 4.69) is 0 Å². The average molecular weight is 309 g/mol. The third kappa shape index (κ3) is 3.98. The van der Waals surface area contributed by atoms with E-state index < -0.39 is 29.3 Å². The van der Waals surface area contributed by atoms with Gasteiger partial charge in [0.2, 0.25) is 0 Å². The van der Waals surface area contributed by atoms with Gasteiger partial charge in [-0.15, -0.1) is 0 Å². The molecule has 2 heterocycles. The van der Waals surface area contributed by atoms with Crippen LogP contribution in [0.3, 0.4) is 0 Å². The highest BCUT2D eigenvalue weighted by Crippen LogP contribution is 2.32. The van der Waals surface area contributed by atoms with E-state index in [4.69, 9.17) is 9.15 Å². The fourth-order valence-electron chi connectivity index (χ4n) is 1.64. The zero-order chi connectivity index (χ0) is 15.6. The summed E-state index contributed by atoms with van der Waals surface area (Å²) in [5.41, 5.74) is -0.664. The Morgan fingerprint density at radius 1 is 1.43 bits per heavy atom. The second-order valence-corrected chi connectivity index (χ2v) is 6.36. The highest BCUT2D eigenvalue weighted by Gasteiger charge is 2.37. The van der Waals surface area contributed by atoms with Crippen molar-refractivity contribution in [3.63, 3.8) is 0 Å². The van der Waals surface area contributed by atoms with Crippen molar-refractivity contribution in [2.24, 2.45) is 0 Å². The van der Waals surface area contributed by atoms with Gasteiger partial charge in [-0.25, -0.2) is 0 Å². The van der Waals surface area contributed by atoms with Gasteiger partial charge in [0.1, 0.15) is 17.9 Å². The van der Waals surface area contributed by atoms with Gasteiger partial charge in [0.05, 0.1) is 11.2 Å². The Morgan fingerprint density at radius 2 is 2.14 bits per heavy atom. The number of amides is 2. The van der Waals surface area contributed by atoms with E-state index in [1.54, 1.807) is 32.9 Å². The van der Waals surface area contributed by atoms with Crippen LogP contribution < -0.4 is 0 Å². The minimum Gasteiger partial charge on any atom is -0.465 e. The van der Waals surface area contributed by atoms with Crippen molar-refractivity contribution in [3.8, 4) is 0 Å². The molecule has 1 aliphatic rings. The lowest BCUT2D eigenvalue weighted by Crippen LogP contribution is -2.37. The Morgan fingerprint density at radius 3 is 2.71 bits per heavy atom. The first-order valence-electron chi connectivity index (χ1n) is 6.27. The smallest absolute Gasteiger partial charge is 0.326 e. The Kier molecular flexibility index (Phi) is 4.22. The van der Waals surface area contributed by atoms with Crippen LogP contribution >= 0.6 is 11.8 Å². The predicted octanol–water partition coefficient (Wildman–Crippen LogP) is 2.66. The quantitative estimate of drug-likeness (QED) is 0.631. The molecule has 1 aromatic rings. The molecule has 0 unspecified atom stereocenters. The molecule has 1 fully saturated rings. The molecule has 0 bridgehead atoms. The number of carbonyl (C=O) groups is 3. The van der Waals surface area contributed by atoms with E-state index >= 15 is 0 Å². The van der Waals surface area contributed by atoms with Gasteiger partial charge in [-0.1, -0.05) is 0 Å². The molecule has 0 spiro atoms. The first kappa shape index (κ1) is 15.4. The molecule has 7 heteroatoms. The largest absolute Gasteiger partial charge is 0.465 e. The highest BCUT2D eigenvalue weighted by atomic mass is 32.2. The lowest BCUT2D eigenvalue weighted by molar-refractivity contribution is -0.156. The topological polar surface area (TPSA) is 76.8 Å². The van der Waals surface area contributed by atoms with Crippen molar-refractivity contribution < 1.29 is 23.5 Å². The van der Waals surface area contributed by atoms with Crippen LogP contribution in [-0.4, -0.2) is 34.2 Å². The molecule has 1 saturated heterocycles. The van der Waals surface area contributed by atoms with E-state index in [-0.39, 0.29) is 4.91 Å². The normalized spacial score (nSPS) is 17.7. The molecule has 2 amide bonds. The van der Waals surface area contributed by atoms with Crippen LogP contribution in [0.25, 0.3) is 6.08 Å². The van der Waals surface area contributed by atoms with E-state index in [9.17, 15) is 14.4 Å². The number of thioether (sulfide) groups is 1. The van der Waals surface area contributed by atoms with Gasteiger partial charge >= 0.3 is 5.97 Å². The molecular formula is C14H15NO5S. The lowest BCUT2D eigenvalue weighted by atomic mass is 10.2. The molecular weight excluding hydrogens is 294 g/mol. The monoisotopic (exact) mass is 309 g/mol. The molecule has 112 valence electrons. The average Bonchev–Trinajstić information content (AvgIpc) is 2.92. The number of nitrogens with zero attached hydrogens (tertiary/aromatic N) is 1. The molecule has 1 aromatic heterocycles. The number of furan rings is 1. The van der Waals surface area contributed by atoms with Crippen molar-refractivity contribution >= 4 is 35.0 Å². The summed E-state index contributed by atoms with van der Waals surface area (Å²) in [4.78, 5) is 36.7. The first-order valence-corrected chi connectivity index (χ1v) is 7.08. The van der Waals surface area contributed by atoms with Crippen LogP contribution in [0.15, 0.2) is 27.7 Å². The number of hydrogen-bond acceptors (Lipinski definition) is 6. The van der Waals surface area contributed by atoms with Crippen LogP contribution in [-0.2, 0) is 14.3 Å². The number of hydrogen-bond donors (Lipinski definition) is 0. The number of rotatable bonds is 3. The van der Waals surface area contributed by atoms with Gasteiger partial charge in [0.15, 0.2) is 0 Å². The van der Waals surface area contributed by atoms with Gasteiger partial charge in [-0.05, 0) is 44.7 Å². The minimum atomic E-state index is -0.664. The molecule has 0 aliphatic carbocycles. The second-order valence-electron chi connectivity index (χ2n) is 5.37. The minimum absolute atomic E-state index is 0.221. The van der Waals surface area contributed by atoms with Crippen molar-refractivity contribution in [1.82, 2.24) is 4.90 Å². The van der Waals surface area contributed by atoms with Crippen LogP contribution in [0.5, 0.6) is 0 Å². The molecule has 1 aliphatic heterocycles. The van der Waals surface area contributed by atoms with E-state index in [1.807, 2.05) is 0 Å². The Hall–Kier alpha value is -2.02. The molecule has 0 atom stereocenters. The predicted molar refractivity (Wildman–Crippen MR) is 77.2 cm³/mol. The van der Waals surface area contributed by atoms with Crippen LogP contribution in [0.1, 0.15) is 26.5 Å². The van der Waals surface area contributed by atoms with Crippen LogP contribution in [0, 0.1) is 0 Å². The standard InChI is InChI=1S/C14H15NO5S/c1-14(2,3)20-11(16)8-15-12(17)10(21-13(15)18)7-9-5-4-6-19-9/h4-7H,8H2,1-3H3/b10-7+. The third-order valence-electron chi connectivity index (χ3n) is 2.40. The Bertz CT molecular complexity index is 597. The molecule has 6 nitrogen and oxygen atoms in total. The maximum Gasteiger partial charge on any atom is 0.326 e. The van der Waals surface area contributed by atoms with Crippen molar-refractivity contribution in [3.05, 3.63) is 29.1 Å². The SMILES string of the molecule is CC(C)(C)OC(=O)CN1C(=O)S/C(=C/c2ccco2)C1=O. The summed E-state index contributed by atoms with van der Waals surface area (Å²) in [5, 5.41) is -0.497. The molecule has 21 heavy (non-hydrogen) atoms. The van der Waals surface area contributed by atoms with Gasteiger partial charge in [0.25, 0.3) is 11.1 Å². The van der Waals surface area contributed by atoms with Crippen molar-refractivity contribution in [2.75, 3.05) is 6.54 Å². The van der Waals surface area contributed by atoms with Gasteiger partial charge < -0.3 is 9.15 Å². The maximum atomic E-state index is 12.1. The van der Waals surface area contributed by atoms with Crippen LogP contribution in [0.4, 0.5) is 4.79 Å². The van der Waals surface area contributed by atoms with E-state index in [1.165, 1.54) is 12.3 Å². The highest BCUT2D eigenvalue weighted by molar-refractivity contribution is 8.18. The summed E-state index contributed by atoms with van der Waals surface area (Å²) in [5.74, 6) is -0.672. The van der Waals surface area contributed by atoms with E-state index in [0.29, 0.717) is 5.76 Å². The summed E-state index contributed by atoms with van der Waals surface area (Å²) in [6, 6.07) is 3.35. The number of imide groups is 1. The second kappa shape index (κ2) is 5.77. The summed E-state index contributed by atoms with van der Waals surface area (Å²) in [6.45, 7) is 4.76. The molecule has 0 aromatic carbocycles. The number of carbonyl (C=O) groups excluding carboxylic acids is 3. The Balaban J connectivity index is 2.07. The number of ether oxygens (including phenoxy) is 1. The van der Waals surface area contributed by atoms with E-state index in [0.717, 1.165) is 16.7 Å². The molecule has 0 saturated carbocycles. The third-order valence-corrected chi connectivity index (χ3v) is 3.30. The fraction of sp³-hybridized carbons (Fsp3) is 0.357. The molecule has 2 rings (SSSR count). The maximum absolute atomic E-state index is 12.1. The zero-order valence-electron chi connectivity index (χ0n) is 11.9. The first-order chi connectivity index (χ1) is 9.76. The lowest BCUT2D eigenvalue weighted by Gasteiger charge is -2.21. The van der Waals surface area contributed by atoms with Crippen LogP contribution in [0.2, 0.25) is 0 Å². The summed E-state index contributed by atoms with van der Waals surface area (Å²) in [7, 11) is 0. The Labute approximate surface area is 126 Å². The number of esters is 1. The molecule has 0 radical (unpaired) electrons. The molecule has 0 N–H and O–H groups in total. The van der Waals surface area contributed by atoms with Gasteiger partial charge in [-0.2, -0.15) is 0 Å². The van der Waals surface area contributed by atoms with Gasteiger partial charge in [-0.3, -0.25) is 19.3 Å².